The molecule has 1 aromatic rings. The SMILES string of the molecule is O=C(O)c1cc(N2CCC3(CC2)OCCO3)sc1C(=O)O. The molecule has 0 radical (unpaired) electrons. The van der Waals surface area contributed by atoms with Crippen LogP contribution in [0.4, 0.5) is 5.00 Å². The summed E-state index contributed by atoms with van der Waals surface area (Å²) in [5.41, 5.74) is -0.156. The predicted molar refractivity (Wildman–Crippen MR) is 74.3 cm³/mol. The minimum atomic E-state index is -1.22. The molecule has 0 aliphatic carbocycles. The summed E-state index contributed by atoms with van der Waals surface area (Å²) in [5.74, 6) is -2.93. The Labute approximate surface area is 124 Å². The van der Waals surface area contributed by atoms with Crippen molar-refractivity contribution < 1.29 is 29.3 Å². The van der Waals surface area contributed by atoms with E-state index >= 15 is 0 Å². The monoisotopic (exact) mass is 313 g/mol. The van der Waals surface area contributed by atoms with Crippen molar-refractivity contribution in [1.29, 1.82) is 0 Å². The van der Waals surface area contributed by atoms with Crippen LogP contribution >= 0.6 is 11.3 Å². The van der Waals surface area contributed by atoms with E-state index in [2.05, 4.69) is 0 Å². The normalized spacial score (nSPS) is 20.9. The van der Waals surface area contributed by atoms with E-state index in [1.807, 2.05) is 4.90 Å². The third-order valence-electron chi connectivity index (χ3n) is 3.79. The molecule has 1 aromatic heterocycles. The van der Waals surface area contributed by atoms with Gasteiger partial charge >= 0.3 is 11.9 Å². The van der Waals surface area contributed by atoms with Gasteiger partial charge in [-0.05, 0) is 6.07 Å². The summed E-state index contributed by atoms with van der Waals surface area (Å²) in [4.78, 5) is 24.1. The van der Waals surface area contributed by atoms with Crippen molar-refractivity contribution in [1.82, 2.24) is 0 Å². The number of piperidine rings is 1. The number of carboxylic acid groups (broad SMARTS) is 2. The zero-order valence-corrected chi connectivity index (χ0v) is 12.0. The number of anilines is 1. The predicted octanol–water partition coefficient (Wildman–Crippen LogP) is 1.49. The molecule has 3 heterocycles. The summed E-state index contributed by atoms with van der Waals surface area (Å²) in [6, 6.07) is 1.44. The first kappa shape index (κ1) is 14.3. The number of thiophene rings is 1. The lowest BCUT2D eigenvalue weighted by atomic mass is 10.0. The third-order valence-corrected chi connectivity index (χ3v) is 4.98. The summed E-state index contributed by atoms with van der Waals surface area (Å²) in [6.07, 6.45) is 1.38. The van der Waals surface area contributed by atoms with Crippen LogP contribution < -0.4 is 4.90 Å². The highest BCUT2D eigenvalue weighted by Gasteiger charge is 2.40. The first-order valence-electron chi connectivity index (χ1n) is 6.64. The highest BCUT2D eigenvalue weighted by molar-refractivity contribution is 7.18. The van der Waals surface area contributed by atoms with Crippen LogP contribution in [-0.4, -0.2) is 54.2 Å². The molecule has 0 saturated carbocycles. The molecule has 114 valence electrons. The number of hydrogen-bond acceptors (Lipinski definition) is 6. The summed E-state index contributed by atoms with van der Waals surface area (Å²) in [7, 11) is 0. The maximum Gasteiger partial charge on any atom is 0.346 e. The highest BCUT2D eigenvalue weighted by atomic mass is 32.1. The van der Waals surface area contributed by atoms with Crippen molar-refractivity contribution in [2.24, 2.45) is 0 Å². The second-order valence-electron chi connectivity index (χ2n) is 5.03. The molecule has 3 rings (SSSR count). The van der Waals surface area contributed by atoms with E-state index in [4.69, 9.17) is 19.7 Å². The Kier molecular flexibility index (Phi) is 3.60. The Morgan fingerprint density at radius 1 is 1.14 bits per heavy atom. The van der Waals surface area contributed by atoms with Crippen molar-refractivity contribution in [3.8, 4) is 0 Å². The average Bonchev–Trinajstić information content (AvgIpc) is 3.07. The fourth-order valence-electron chi connectivity index (χ4n) is 2.71. The largest absolute Gasteiger partial charge is 0.478 e. The minimum Gasteiger partial charge on any atom is -0.478 e. The first-order chi connectivity index (χ1) is 10.0. The molecule has 2 fully saturated rings. The van der Waals surface area contributed by atoms with Crippen LogP contribution in [0, 0.1) is 0 Å². The number of hydrogen-bond donors (Lipinski definition) is 2. The minimum absolute atomic E-state index is 0.133. The van der Waals surface area contributed by atoms with E-state index in [1.165, 1.54) is 6.07 Å². The van der Waals surface area contributed by atoms with E-state index in [0.717, 1.165) is 11.3 Å². The second kappa shape index (κ2) is 5.28. The summed E-state index contributed by atoms with van der Waals surface area (Å²) >= 11 is 0.997. The van der Waals surface area contributed by atoms with E-state index in [9.17, 15) is 9.59 Å². The number of rotatable bonds is 3. The van der Waals surface area contributed by atoms with Gasteiger partial charge in [0.05, 0.1) is 23.8 Å². The van der Waals surface area contributed by atoms with Gasteiger partial charge in [-0.1, -0.05) is 0 Å². The lowest BCUT2D eigenvalue weighted by molar-refractivity contribution is -0.169. The van der Waals surface area contributed by atoms with Crippen LogP contribution in [-0.2, 0) is 9.47 Å². The molecule has 0 aromatic carbocycles. The van der Waals surface area contributed by atoms with Gasteiger partial charge in [-0.2, -0.15) is 0 Å². The fraction of sp³-hybridized carbons (Fsp3) is 0.538. The molecule has 0 atom stereocenters. The van der Waals surface area contributed by atoms with Gasteiger partial charge in [-0.15, -0.1) is 11.3 Å². The first-order valence-corrected chi connectivity index (χ1v) is 7.46. The Hall–Kier alpha value is -1.64. The molecular weight excluding hydrogens is 298 g/mol. The molecule has 2 saturated heterocycles. The molecule has 0 amide bonds. The molecule has 1 spiro atoms. The van der Waals surface area contributed by atoms with Crippen LogP contribution in [0.3, 0.4) is 0 Å². The van der Waals surface area contributed by atoms with Crippen LogP contribution in [0.15, 0.2) is 6.07 Å². The van der Waals surface area contributed by atoms with Crippen LogP contribution in [0.5, 0.6) is 0 Å². The van der Waals surface area contributed by atoms with Crippen molar-refractivity contribution in [2.45, 2.75) is 18.6 Å². The molecular formula is C13H15NO6S. The highest BCUT2D eigenvalue weighted by Crippen LogP contribution is 2.37. The summed E-state index contributed by atoms with van der Waals surface area (Å²) < 4.78 is 11.3. The molecule has 2 aliphatic heterocycles. The Morgan fingerprint density at radius 2 is 1.76 bits per heavy atom. The van der Waals surface area contributed by atoms with Crippen molar-refractivity contribution >= 4 is 28.3 Å². The number of nitrogens with zero attached hydrogens (tertiary/aromatic N) is 1. The van der Waals surface area contributed by atoms with Gasteiger partial charge in [0.2, 0.25) is 0 Å². The summed E-state index contributed by atoms with van der Waals surface area (Å²) in [6.45, 7) is 2.51. The molecule has 21 heavy (non-hydrogen) atoms. The van der Waals surface area contributed by atoms with Gasteiger partial charge < -0.3 is 24.6 Å². The number of carboxylic acids is 2. The standard InChI is InChI=1S/C13H15NO6S/c15-11(16)8-7-9(21-10(8)12(17)18)14-3-1-13(2-4-14)19-5-6-20-13/h7H,1-6H2,(H,15,16)(H,17,18). The van der Waals surface area contributed by atoms with E-state index in [0.29, 0.717) is 44.1 Å². The van der Waals surface area contributed by atoms with Gasteiger partial charge in [-0.25, -0.2) is 9.59 Å². The van der Waals surface area contributed by atoms with Crippen molar-refractivity contribution in [3.63, 3.8) is 0 Å². The van der Waals surface area contributed by atoms with Crippen molar-refractivity contribution in [2.75, 3.05) is 31.2 Å². The maximum absolute atomic E-state index is 11.1. The van der Waals surface area contributed by atoms with Gasteiger partial charge in [0, 0.05) is 25.9 Å². The van der Waals surface area contributed by atoms with E-state index in [-0.39, 0.29) is 10.4 Å². The zero-order valence-electron chi connectivity index (χ0n) is 11.2. The Balaban J connectivity index is 1.77. The van der Waals surface area contributed by atoms with E-state index < -0.39 is 17.7 Å². The molecule has 0 bridgehead atoms. The van der Waals surface area contributed by atoms with E-state index in [1.54, 1.807) is 0 Å². The maximum atomic E-state index is 11.1. The smallest absolute Gasteiger partial charge is 0.346 e. The van der Waals surface area contributed by atoms with Crippen LogP contribution in [0.25, 0.3) is 0 Å². The molecule has 8 heteroatoms. The lowest BCUT2D eigenvalue weighted by Crippen LogP contribution is -2.45. The molecule has 2 N–H and O–H groups in total. The van der Waals surface area contributed by atoms with Gasteiger partial charge in [0.25, 0.3) is 0 Å². The summed E-state index contributed by atoms with van der Waals surface area (Å²) in [5, 5.41) is 18.8. The van der Waals surface area contributed by atoms with Crippen LogP contribution in [0.1, 0.15) is 32.9 Å². The van der Waals surface area contributed by atoms with Gasteiger partial charge in [-0.3, -0.25) is 0 Å². The average molecular weight is 313 g/mol. The fourth-order valence-corrected chi connectivity index (χ4v) is 3.75. The van der Waals surface area contributed by atoms with Gasteiger partial charge in [0.1, 0.15) is 4.88 Å². The Bertz CT molecular complexity index is 536. The zero-order chi connectivity index (χ0) is 15.0. The second-order valence-corrected chi connectivity index (χ2v) is 6.06. The molecule has 0 unspecified atom stereocenters. The molecule has 2 aliphatic rings. The molecule has 7 nitrogen and oxygen atoms in total. The van der Waals surface area contributed by atoms with Crippen LogP contribution in [0.2, 0.25) is 0 Å². The van der Waals surface area contributed by atoms with Gasteiger partial charge in [0.15, 0.2) is 5.79 Å². The third kappa shape index (κ3) is 2.61. The Morgan fingerprint density at radius 3 is 2.24 bits per heavy atom. The number of ether oxygens (including phenoxy) is 2. The number of aromatic carboxylic acids is 2. The number of carbonyl (C=O) groups is 2. The topological polar surface area (TPSA) is 96.3 Å². The lowest BCUT2D eigenvalue weighted by Gasteiger charge is -2.38. The quantitative estimate of drug-likeness (QED) is 0.872. The van der Waals surface area contributed by atoms with Crippen molar-refractivity contribution in [3.05, 3.63) is 16.5 Å².